The number of hydrogen-bond donors (Lipinski definition) is 3. The molecule has 5 rings (SSSR count). The number of H-pyrrole nitrogens is 1. The number of ether oxygens (including phenoxy) is 2. The molecular weight excluding hydrogens is 551 g/mol. The van der Waals surface area contributed by atoms with E-state index in [0.29, 0.717) is 36.3 Å². The molecule has 1 aliphatic rings. The first kappa shape index (κ1) is 27.1. The maximum Gasteiger partial charge on any atom is 0.416 e. The van der Waals surface area contributed by atoms with Crippen LogP contribution in [-0.2, 0) is 16.2 Å². The van der Waals surface area contributed by atoms with Gasteiger partial charge in [0, 0.05) is 22.8 Å². The minimum Gasteiger partial charge on any atom is -0.486 e. The summed E-state index contributed by atoms with van der Waals surface area (Å²) < 4.78 is 78.1. The number of benzene rings is 3. The van der Waals surface area contributed by atoms with Gasteiger partial charge in [-0.2, -0.15) is 13.2 Å². The van der Waals surface area contributed by atoms with Gasteiger partial charge >= 0.3 is 6.18 Å². The molecule has 0 bridgehead atoms. The highest BCUT2D eigenvalue weighted by molar-refractivity contribution is 7.92. The number of sulfonamides is 1. The SMILES string of the molecule is C[C@H](NC(=O)c1c[nH]c2ccc(S(=O)(=O)Nc3cccc(C(F)(F)F)c3)cc2c1=O)c1ccc2c(c1)OCCO2. The van der Waals surface area contributed by atoms with Crippen LogP contribution in [-0.4, -0.2) is 32.5 Å². The van der Waals surface area contributed by atoms with Crippen molar-refractivity contribution in [1.29, 1.82) is 0 Å². The molecule has 0 spiro atoms. The Hall–Kier alpha value is -4.52. The van der Waals surface area contributed by atoms with E-state index in [2.05, 4.69) is 15.0 Å². The zero-order valence-corrected chi connectivity index (χ0v) is 21.7. The Morgan fingerprint density at radius 1 is 1.00 bits per heavy atom. The van der Waals surface area contributed by atoms with E-state index in [1.807, 2.05) is 0 Å². The van der Waals surface area contributed by atoms with E-state index in [-0.39, 0.29) is 27.0 Å². The highest BCUT2D eigenvalue weighted by atomic mass is 32.2. The van der Waals surface area contributed by atoms with E-state index in [0.717, 1.165) is 18.2 Å². The van der Waals surface area contributed by atoms with Crippen molar-refractivity contribution in [2.75, 3.05) is 17.9 Å². The lowest BCUT2D eigenvalue weighted by molar-refractivity contribution is -0.137. The molecule has 0 fully saturated rings. The largest absolute Gasteiger partial charge is 0.486 e. The van der Waals surface area contributed by atoms with Crippen LogP contribution in [0, 0.1) is 0 Å². The second-order valence-electron chi connectivity index (χ2n) is 9.02. The van der Waals surface area contributed by atoms with Gasteiger partial charge in [0.2, 0.25) is 5.43 Å². The van der Waals surface area contributed by atoms with Crippen LogP contribution in [0.3, 0.4) is 0 Å². The zero-order valence-electron chi connectivity index (χ0n) is 20.8. The molecule has 3 N–H and O–H groups in total. The van der Waals surface area contributed by atoms with Gasteiger partial charge in [-0.05, 0) is 61.0 Å². The molecule has 1 amide bonds. The lowest BCUT2D eigenvalue weighted by Crippen LogP contribution is -2.31. The van der Waals surface area contributed by atoms with Gasteiger partial charge in [0.1, 0.15) is 18.8 Å². The van der Waals surface area contributed by atoms with Gasteiger partial charge in [-0.3, -0.25) is 14.3 Å². The van der Waals surface area contributed by atoms with Crippen molar-refractivity contribution in [3.05, 3.63) is 93.8 Å². The molecule has 0 saturated carbocycles. The van der Waals surface area contributed by atoms with E-state index < -0.39 is 39.1 Å². The molecule has 2 heterocycles. The standard InChI is InChI=1S/C27H22F3N3O6S/c1-15(16-5-8-23-24(11-16)39-10-9-38-23)32-26(35)21-14-31-22-7-6-19(13-20(22)25(21)34)40(36,37)33-18-4-2-3-17(12-18)27(28,29)30/h2-8,11-15,33H,9-10H2,1H3,(H,31,34)(H,32,35)/t15-/m0/s1. The summed E-state index contributed by atoms with van der Waals surface area (Å²) in [6.45, 7) is 2.56. The summed E-state index contributed by atoms with van der Waals surface area (Å²) in [6.07, 6.45) is -3.43. The predicted molar refractivity (Wildman–Crippen MR) is 140 cm³/mol. The first-order chi connectivity index (χ1) is 18.9. The average molecular weight is 574 g/mol. The smallest absolute Gasteiger partial charge is 0.416 e. The number of fused-ring (bicyclic) bond motifs is 2. The number of halogens is 3. The van der Waals surface area contributed by atoms with Gasteiger partial charge in [0.25, 0.3) is 15.9 Å². The zero-order chi connectivity index (χ0) is 28.7. The Kier molecular flexibility index (Phi) is 6.92. The molecule has 4 aromatic rings. The number of aromatic nitrogens is 1. The van der Waals surface area contributed by atoms with E-state index >= 15 is 0 Å². The molecule has 1 aliphatic heterocycles. The van der Waals surface area contributed by atoms with Gasteiger partial charge in [-0.1, -0.05) is 12.1 Å². The molecule has 0 radical (unpaired) electrons. The maximum atomic E-state index is 13.2. The Balaban J connectivity index is 1.40. The molecule has 0 unspecified atom stereocenters. The second-order valence-corrected chi connectivity index (χ2v) is 10.7. The lowest BCUT2D eigenvalue weighted by atomic mass is 10.1. The summed E-state index contributed by atoms with van der Waals surface area (Å²) >= 11 is 0. The van der Waals surface area contributed by atoms with E-state index in [1.165, 1.54) is 24.4 Å². The second kappa shape index (κ2) is 10.2. The monoisotopic (exact) mass is 573 g/mol. The maximum absolute atomic E-state index is 13.2. The van der Waals surface area contributed by atoms with Crippen LogP contribution in [0.25, 0.3) is 10.9 Å². The minimum atomic E-state index is -4.66. The van der Waals surface area contributed by atoms with Crippen LogP contribution in [0.4, 0.5) is 18.9 Å². The summed E-state index contributed by atoms with van der Waals surface area (Å²) in [5.74, 6) is 0.439. The van der Waals surface area contributed by atoms with Gasteiger partial charge in [-0.25, -0.2) is 8.42 Å². The quantitative estimate of drug-likeness (QED) is 0.309. The van der Waals surface area contributed by atoms with Gasteiger partial charge in [-0.15, -0.1) is 0 Å². The molecule has 0 saturated heterocycles. The highest BCUT2D eigenvalue weighted by Crippen LogP contribution is 2.33. The summed E-state index contributed by atoms with van der Waals surface area (Å²) in [4.78, 5) is 28.7. The van der Waals surface area contributed by atoms with Crippen LogP contribution in [0.5, 0.6) is 11.5 Å². The third-order valence-corrected chi connectivity index (χ3v) is 7.64. The highest BCUT2D eigenvalue weighted by Gasteiger charge is 2.31. The fraction of sp³-hybridized carbons (Fsp3) is 0.185. The Morgan fingerprint density at radius 3 is 2.50 bits per heavy atom. The third kappa shape index (κ3) is 5.45. The summed E-state index contributed by atoms with van der Waals surface area (Å²) in [7, 11) is -4.37. The number of pyridine rings is 1. The number of carbonyl (C=O) groups excluding carboxylic acids is 1. The molecule has 9 nitrogen and oxygen atoms in total. The van der Waals surface area contributed by atoms with Crippen molar-refractivity contribution in [2.45, 2.75) is 24.0 Å². The molecule has 1 atom stereocenters. The number of hydrogen-bond acceptors (Lipinski definition) is 6. The van der Waals surface area contributed by atoms with Crippen molar-refractivity contribution >= 4 is 32.5 Å². The van der Waals surface area contributed by atoms with Crippen molar-refractivity contribution < 1.29 is 35.9 Å². The fourth-order valence-electron chi connectivity index (χ4n) is 4.19. The van der Waals surface area contributed by atoms with Crippen molar-refractivity contribution in [2.24, 2.45) is 0 Å². The van der Waals surface area contributed by atoms with Gasteiger partial charge < -0.3 is 19.8 Å². The first-order valence-electron chi connectivity index (χ1n) is 12.0. The fourth-order valence-corrected chi connectivity index (χ4v) is 5.27. The molecular formula is C27H22F3N3O6S. The normalized spacial score (nSPS) is 14.0. The van der Waals surface area contributed by atoms with Crippen molar-refractivity contribution in [1.82, 2.24) is 10.3 Å². The van der Waals surface area contributed by atoms with Crippen molar-refractivity contribution in [3.8, 4) is 11.5 Å². The molecule has 0 aliphatic carbocycles. The third-order valence-electron chi connectivity index (χ3n) is 6.26. The van der Waals surface area contributed by atoms with E-state index in [4.69, 9.17) is 9.47 Å². The number of carbonyl (C=O) groups is 1. The number of rotatable bonds is 6. The summed E-state index contributed by atoms with van der Waals surface area (Å²) in [5, 5.41) is 2.65. The van der Waals surface area contributed by atoms with Crippen molar-refractivity contribution in [3.63, 3.8) is 0 Å². The van der Waals surface area contributed by atoms with Crippen LogP contribution in [0.15, 0.2) is 76.6 Å². The number of nitrogens with one attached hydrogen (secondary N) is 3. The minimum absolute atomic E-state index is 0.0912. The van der Waals surface area contributed by atoms with E-state index in [9.17, 15) is 31.2 Å². The topological polar surface area (TPSA) is 127 Å². The van der Waals surface area contributed by atoms with Crippen LogP contribution < -0.4 is 24.9 Å². The first-order valence-corrected chi connectivity index (χ1v) is 13.5. The van der Waals surface area contributed by atoms with Gasteiger partial charge in [0.05, 0.1) is 16.5 Å². The Bertz CT molecular complexity index is 1790. The Morgan fingerprint density at radius 2 is 1.75 bits per heavy atom. The molecule has 1 aromatic heterocycles. The molecule has 13 heteroatoms. The Labute approximate surface area is 226 Å². The summed E-state index contributed by atoms with van der Waals surface area (Å²) in [5.41, 5.74) is -1.33. The number of aromatic amines is 1. The molecule has 3 aromatic carbocycles. The number of amides is 1. The van der Waals surface area contributed by atoms with Gasteiger partial charge in [0.15, 0.2) is 11.5 Å². The molecule has 40 heavy (non-hydrogen) atoms. The number of anilines is 1. The molecule has 208 valence electrons. The van der Waals surface area contributed by atoms with Crippen LogP contribution in [0.2, 0.25) is 0 Å². The lowest BCUT2D eigenvalue weighted by Gasteiger charge is -2.21. The van der Waals surface area contributed by atoms with Crippen LogP contribution in [0.1, 0.15) is 34.5 Å². The van der Waals surface area contributed by atoms with E-state index in [1.54, 1.807) is 25.1 Å². The average Bonchev–Trinajstić information content (AvgIpc) is 2.92. The predicted octanol–water partition coefficient (Wildman–Crippen LogP) is 4.61. The van der Waals surface area contributed by atoms with Crippen LogP contribution >= 0.6 is 0 Å². The summed E-state index contributed by atoms with van der Waals surface area (Å²) in [6, 6.07) is 12.0. The number of alkyl halides is 3.